The van der Waals surface area contributed by atoms with Crippen molar-refractivity contribution >= 4 is 5.69 Å². The zero-order valence-electron chi connectivity index (χ0n) is 12.4. The first-order valence-corrected chi connectivity index (χ1v) is 7.62. The van der Waals surface area contributed by atoms with Gasteiger partial charge >= 0.3 is 0 Å². The average molecular weight is 282 g/mol. The lowest BCUT2D eigenvalue weighted by Gasteiger charge is -2.27. The molecule has 0 radical (unpaired) electrons. The van der Waals surface area contributed by atoms with Gasteiger partial charge in [-0.05, 0) is 49.9 Å². The van der Waals surface area contributed by atoms with Gasteiger partial charge in [0, 0.05) is 19.1 Å². The van der Waals surface area contributed by atoms with Crippen molar-refractivity contribution in [3.63, 3.8) is 0 Å². The van der Waals surface area contributed by atoms with E-state index in [1.807, 2.05) is 4.90 Å². The van der Waals surface area contributed by atoms with Crippen molar-refractivity contribution in [3.8, 4) is 0 Å². The van der Waals surface area contributed by atoms with Crippen molar-refractivity contribution in [2.24, 2.45) is 0 Å². The van der Waals surface area contributed by atoms with E-state index >= 15 is 0 Å². The highest BCUT2D eigenvalue weighted by molar-refractivity contribution is 5.52. The highest BCUT2D eigenvalue weighted by Crippen LogP contribution is 2.32. The summed E-state index contributed by atoms with van der Waals surface area (Å²) in [5.74, 6) is -0.864. The van der Waals surface area contributed by atoms with Crippen LogP contribution in [0.1, 0.15) is 45.1 Å². The summed E-state index contributed by atoms with van der Waals surface area (Å²) in [5, 5.41) is 3.17. The molecule has 1 aliphatic heterocycles. The molecule has 1 unspecified atom stereocenters. The zero-order valence-corrected chi connectivity index (χ0v) is 12.4. The van der Waals surface area contributed by atoms with Gasteiger partial charge in [-0.3, -0.25) is 0 Å². The van der Waals surface area contributed by atoms with Crippen LogP contribution in [0.25, 0.3) is 0 Å². The summed E-state index contributed by atoms with van der Waals surface area (Å²) in [7, 11) is 0. The first-order chi connectivity index (χ1) is 9.67. The van der Waals surface area contributed by atoms with Gasteiger partial charge in [0.05, 0.1) is 0 Å². The van der Waals surface area contributed by atoms with Crippen LogP contribution in [-0.4, -0.2) is 19.1 Å². The maximum Gasteiger partial charge on any atom is 0.149 e. The molecule has 1 saturated heterocycles. The molecule has 0 aromatic heterocycles. The van der Waals surface area contributed by atoms with Gasteiger partial charge in [-0.1, -0.05) is 13.8 Å². The molecule has 20 heavy (non-hydrogen) atoms. The monoisotopic (exact) mass is 282 g/mol. The van der Waals surface area contributed by atoms with E-state index in [1.165, 1.54) is 12.1 Å². The molecule has 4 heteroatoms. The SMILES string of the molecule is CCCNCc1cc(F)c(N2CCCC2CC)c(F)c1. The fraction of sp³-hybridized carbons (Fsp3) is 0.625. The lowest BCUT2D eigenvalue weighted by atomic mass is 10.1. The fourth-order valence-corrected chi connectivity index (χ4v) is 2.96. The Labute approximate surface area is 120 Å². The van der Waals surface area contributed by atoms with E-state index in [1.54, 1.807) is 0 Å². The normalized spacial score (nSPS) is 18.8. The predicted molar refractivity (Wildman–Crippen MR) is 79.0 cm³/mol. The molecule has 1 heterocycles. The van der Waals surface area contributed by atoms with Gasteiger partial charge < -0.3 is 10.2 Å². The van der Waals surface area contributed by atoms with Crippen LogP contribution in [0, 0.1) is 11.6 Å². The van der Waals surface area contributed by atoms with Crippen molar-refractivity contribution < 1.29 is 8.78 Å². The van der Waals surface area contributed by atoms with Gasteiger partial charge in [0.2, 0.25) is 0 Å². The molecule has 1 aromatic rings. The zero-order chi connectivity index (χ0) is 14.5. The van der Waals surface area contributed by atoms with E-state index in [0.29, 0.717) is 12.1 Å². The van der Waals surface area contributed by atoms with E-state index in [-0.39, 0.29) is 11.7 Å². The van der Waals surface area contributed by atoms with E-state index in [9.17, 15) is 8.78 Å². The Morgan fingerprint density at radius 1 is 1.25 bits per heavy atom. The second kappa shape index (κ2) is 7.02. The third-order valence-corrected chi connectivity index (χ3v) is 3.97. The van der Waals surface area contributed by atoms with E-state index in [2.05, 4.69) is 19.2 Å². The Morgan fingerprint density at radius 2 is 1.95 bits per heavy atom. The number of nitrogens with one attached hydrogen (secondary N) is 1. The van der Waals surface area contributed by atoms with Gasteiger partial charge in [0.25, 0.3) is 0 Å². The second-order valence-electron chi connectivity index (χ2n) is 5.48. The number of halogens is 2. The van der Waals surface area contributed by atoms with Gasteiger partial charge in [0.1, 0.15) is 17.3 Å². The van der Waals surface area contributed by atoms with Gasteiger partial charge in [-0.15, -0.1) is 0 Å². The molecule has 0 aliphatic carbocycles. The van der Waals surface area contributed by atoms with Crippen LogP contribution >= 0.6 is 0 Å². The first-order valence-electron chi connectivity index (χ1n) is 7.62. The van der Waals surface area contributed by atoms with Crippen LogP contribution < -0.4 is 10.2 Å². The molecule has 1 aromatic carbocycles. The predicted octanol–water partition coefficient (Wildman–Crippen LogP) is 3.84. The Morgan fingerprint density at radius 3 is 2.55 bits per heavy atom. The van der Waals surface area contributed by atoms with Gasteiger partial charge in [0.15, 0.2) is 0 Å². The Kier molecular flexibility index (Phi) is 5.35. The Balaban J connectivity index is 2.18. The molecule has 1 N–H and O–H groups in total. The van der Waals surface area contributed by atoms with Crippen molar-refractivity contribution in [3.05, 3.63) is 29.3 Å². The summed E-state index contributed by atoms with van der Waals surface area (Å²) in [5.41, 5.74) is 0.832. The van der Waals surface area contributed by atoms with Crippen LogP contribution in [0.15, 0.2) is 12.1 Å². The third kappa shape index (κ3) is 3.29. The number of rotatable bonds is 6. The number of hydrogen-bond acceptors (Lipinski definition) is 2. The fourth-order valence-electron chi connectivity index (χ4n) is 2.96. The van der Waals surface area contributed by atoms with Crippen molar-refractivity contribution in [2.45, 2.75) is 52.1 Å². The Bertz CT molecular complexity index is 425. The molecule has 1 atom stereocenters. The number of benzene rings is 1. The maximum atomic E-state index is 14.3. The molecular formula is C16H24F2N2. The molecule has 0 saturated carbocycles. The molecule has 0 amide bonds. The summed E-state index contributed by atoms with van der Waals surface area (Å²) >= 11 is 0. The second-order valence-corrected chi connectivity index (χ2v) is 5.48. The van der Waals surface area contributed by atoms with Crippen LogP contribution in [0.3, 0.4) is 0 Å². The maximum absolute atomic E-state index is 14.3. The van der Waals surface area contributed by atoms with Crippen molar-refractivity contribution in [1.29, 1.82) is 0 Å². The van der Waals surface area contributed by atoms with Crippen LogP contribution in [0.5, 0.6) is 0 Å². The summed E-state index contributed by atoms with van der Waals surface area (Å²) in [6.07, 6.45) is 3.97. The number of nitrogens with zero attached hydrogens (tertiary/aromatic N) is 1. The lowest BCUT2D eigenvalue weighted by molar-refractivity contribution is 0.551. The standard InChI is InChI=1S/C16H24F2N2/c1-3-7-19-11-12-9-14(17)16(15(18)10-12)20-8-5-6-13(20)4-2/h9-10,13,19H,3-8,11H2,1-2H3. The van der Waals surface area contributed by atoms with Gasteiger partial charge in [-0.2, -0.15) is 0 Å². The van der Waals surface area contributed by atoms with E-state index in [0.717, 1.165) is 38.8 Å². The minimum Gasteiger partial charge on any atom is -0.364 e. The minimum absolute atomic E-state index is 0.161. The van der Waals surface area contributed by atoms with Crippen molar-refractivity contribution in [2.75, 3.05) is 18.0 Å². The summed E-state index contributed by atoms with van der Waals surface area (Å²) in [6, 6.07) is 3.20. The van der Waals surface area contributed by atoms with E-state index in [4.69, 9.17) is 0 Å². The topological polar surface area (TPSA) is 15.3 Å². The molecule has 1 fully saturated rings. The lowest BCUT2D eigenvalue weighted by Crippen LogP contribution is -2.30. The quantitative estimate of drug-likeness (QED) is 0.797. The molecule has 1 aliphatic rings. The minimum atomic E-state index is -0.432. The molecule has 112 valence electrons. The molecule has 0 bridgehead atoms. The van der Waals surface area contributed by atoms with E-state index < -0.39 is 11.6 Å². The van der Waals surface area contributed by atoms with Crippen LogP contribution in [0.2, 0.25) is 0 Å². The Hall–Kier alpha value is -1.16. The number of hydrogen-bond donors (Lipinski definition) is 1. The highest BCUT2D eigenvalue weighted by atomic mass is 19.1. The molecule has 2 nitrogen and oxygen atoms in total. The van der Waals surface area contributed by atoms with Crippen LogP contribution in [-0.2, 0) is 6.54 Å². The van der Waals surface area contributed by atoms with Gasteiger partial charge in [-0.25, -0.2) is 8.78 Å². The third-order valence-electron chi connectivity index (χ3n) is 3.97. The summed E-state index contributed by atoms with van der Waals surface area (Å²) < 4.78 is 28.5. The smallest absolute Gasteiger partial charge is 0.149 e. The summed E-state index contributed by atoms with van der Waals surface area (Å²) in [6.45, 7) is 6.26. The van der Waals surface area contributed by atoms with Crippen LogP contribution in [0.4, 0.5) is 14.5 Å². The molecular weight excluding hydrogens is 258 g/mol. The largest absolute Gasteiger partial charge is 0.364 e. The molecule has 0 spiro atoms. The van der Waals surface area contributed by atoms with Crippen molar-refractivity contribution in [1.82, 2.24) is 5.32 Å². The highest BCUT2D eigenvalue weighted by Gasteiger charge is 2.28. The average Bonchev–Trinajstić information content (AvgIpc) is 2.86. The number of anilines is 1. The summed E-state index contributed by atoms with van der Waals surface area (Å²) in [4.78, 5) is 1.90. The molecule has 2 rings (SSSR count). The first kappa shape index (κ1) is 15.2.